The summed E-state index contributed by atoms with van der Waals surface area (Å²) in [5.41, 5.74) is 2.80. The molecular weight excluding hydrogens is 362 g/mol. The Hall–Kier alpha value is -3.28. The highest BCUT2D eigenvalue weighted by molar-refractivity contribution is 5.92. The number of carbonyl (C=O) groups is 1. The van der Waals surface area contributed by atoms with Gasteiger partial charge in [0.1, 0.15) is 5.69 Å². The van der Waals surface area contributed by atoms with Gasteiger partial charge in [-0.3, -0.25) is 9.78 Å². The van der Waals surface area contributed by atoms with Gasteiger partial charge in [0, 0.05) is 38.2 Å². The predicted molar refractivity (Wildman–Crippen MR) is 113 cm³/mol. The van der Waals surface area contributed by atoms with Crippen molar-refractivity contribution < 1.29 is 4.79 Å². The van der Waals surface area contributed by atoms with Crippen LogP contribution in [0.4, 0.5) is 5.95 Å². The van der Waals surface area contributed by atoms with E-state index in [-0.39, 0.29) is 5.91 Å². The molecule has 0 spiro atoms. The number of hydrogen-bond donors (Lipinski definition) is 1. The van der Waals surface area contributed by atoms with Crippen molar-refractivity contribution in [3.63, 3.8) is 0 Å². The highest BCUT2D eigenvalue weighted by Gasteiger charge is 2.22. The Morgan fingerprint density at radius 3 is 2.48 bits per heavy atom. The van der Waals surface area contributed by atoms with E-state index < -0.39 is 0 Å². The van der Waals surface area contributed by atoms with E-state index in [1.165, 1.54) is 5.56 Å². The number of aromatic nitrogens is 3. The van der Waals surface area contributed by atoms with Crippen LogP contribution in [-0.4, -0.2) is 33.9 Å². The summed E-state index contributed by atoms with van der Waals surface area (Å²) in [7, 11) is 0. The van der Waals surface area contributed by atoms with Crippen LogP contribution < -0.4 is 10.2 Å². The molecule has 0 bridgehead atoms. The number of nitrogens with one attached hydrogen (secondary N) is 1. The molecule has 0 aliphatic carbocycles. The van der Waals surface area contributed by atoms with E-state index in [1.54, 1.807) is 24.7 Å². The summed E-state index contributed by atoms with van der Waals surface area (Å²) in [6.45, 7) is 2.28. The Labute approximate surface area is 171 Å². The van der Waals surface area contributed by atoms with Gasteiger partial charge in [0.05, 0.1) is 0 Å². The summed E-state index contributed by atoms with van der Waals surface area (Å²) in [5, 5.41) is 2.90. The molecule has 1 amide bonds. The molecule has 1 fully saturated rings. The van der Waals surface area contributed by atoms with Gasteiger partial charge in [0.25, 0.3) is 5.91 Å². The van der Waals surface area contributed by atoms with Gasteiger partial charge in [-0.25, -0.2) is 9.97 Å². The van der Waals surface area contributed by atoms with E-state index in [4.69, 9.17) is 0 Å². The average Bonchev–Trinajstić information content (AvgIpc) is 2.79. The van der Waals surface area contributed by atoms with Crippen molar-refractivity contribution in [2.45, 2.75) is 25.8 Å². The van der Waals surface area contributed by atoms with E-state index in [9.17, 15) is 4.79 Å². The first-order valence-corrected chi connectivity index (χ1v) is 10.1. The normalized spacial score (nSPS) is 14.6. The number of benzene rings is 1. The lowest BCUT2D eigenvalue weighted by molar-refractivity contribution is 0.0945. The van der Waals surface area contributed by atoms with Crippen LogP contribution in [-0.2, 0) is 13.0 Å². The van der Waals surface area contributed by atoms with Gasteiger partial charge in [-0.15, -0.1) is 0 Å². The van der Waals surface area contributed by atoms with Crippen LogP contribution in [0.1, 0.15) is 34.5 Å². The first kappa shape index (κ1) is 19.1. The molecule has 0 radical (unpaired) electrons. The molecule has 0 unspecified atom stereocenters. The molecule has 1 N–H and O–H groups in total. The molecular formula is C23H25N5O. The highest BCUT2D eigenvalue weighted by atomic mass is 16.1. The summed E-state index contributed by atoms with van der Waals surface area (Å²) in [6, 6.07) is 16.1. The second kappa shape index (κ2) is 9.28. The number of hydrogen-bond acceptors (Lipinski definition) is 5. The molecule has 1 aromatic carbocycles. The van der Waals surface area contributed by atoms with Gasteiger partial charge in [0.15, 0.2) is 0 Å². The Morgan fingerprint density at radius 1 is 0.966 bits per heavy atom. The molecule has 6 heteroatoms. The maximum atomic E-state index is 12.5. The second-order valence-electron chi connectivity index (χ2n) is 7.40. The first-order chi connectivity index (χ1) is 14.3. The fourth-order valence-electron chi connectivity index (χ4n) is 3.69. The van der Waals surface area contributed by atoms with Crippen molar-refractivity contribution in [2.75, 3.05) is 18.0 Å². The van der Waals surface area contributed by atoms with Gasteiger partial charge in [-0.05, 0) is 54.5 Å². The monoisotopic (exact) mass is 387 g/mol. The molecule has 2 aromatic heterocycles. The molecule has 1 saturated heterocycles. The Kier molecular flexibility index (Phi) is 6.10. The topological polar surface area (TPSA) is 71.0 Å². The Balaban J connectivity index is 1.32. The van der Waals surface area contributed by atoms with Crippen molar-refractivity contribution >= 4 is 11.9 Å². The summed E-state index contributed by atoms with van der Waals surface area (Å²) in [6.07, 6.45) is 8.43. The third-order valence-electron chi connectivity index (χ3n) is 5.34. The Morgan fingerprint density at radius 2 is 1.72 bits per heavy atom. The zero-order valence-electron chi connectivity index (χ0n) is 16.4. The summed E-state index contributed by atoms with van der Waals surface area (Å²) in [4.78, 5) is 27.5. The van der Waals surface area contributed by atoms with Crippen molar-refractivity contribution in [3.8, 4) is 0 Å². The lowest BCUT2D eigenvalue weighted by atomic mass is 9.90. The van der Waals surface area contributed by atoms with E-state index in [0.29, 0.717) is 24.1 Å². The molecule has 148 valence electrons. The molecule has 0 saturated carbocycles. The number of carbonyl (C=O) groups excluding carboxylic acids is 1. The lowest BCUT2D eigenvalue weighted by Gasteiger charge is -2.32. The molecule has 6 nitrogen and oxygen atoms in total. The van der Waals surface area contributed by atoms with Crippen LogP contribution in [0.5, 0.6) is 0 Å². The third-order valence-corrected chi connectivity index (χ3v) is 5.34. The highest BCUT2D eigenvalue weighted by Crippen LogP contribution is 2.24. The third kappa shape index (κ3) is 5.16. The van der Waals surface area contributed by atoms with Crippen molar-refractivity contribution in [1.29, 1.82) is 0 Å². The standard InChI is InChI=1S/C23H25N5O/c29-22(26-17-20-6-11-24-12-7-20)21-8-13-25-23(27-21)28-14-9-19(10-15-28)16-18-4-2-1-3-5-18/h1-8,11-13,19H,9-10,14-17H2,(H,26,29). The minimum Gasteiger partial charge on any atom is -0.347 e. The van der Waals surface area contributed by atoms with Crippen LogP contribution in [0, 0.1) is 5.92 Å². The van der Waals surface area contributed by atoms with Gasteiger partial charge in [-0.2, -0.15) is 0 Å². The van der Waals surface area contributed by atoms with Crippen LogP contribution in [0.25, 0.3) is 0 Å². The van der Waals surface area contributed by atoms with Gasteiger partial charge in [-0.1, -0.05) is 30.3 Å². The molecule has 29 heavy (non-hydrogen) atoms. The first-order valence-electron chi connectivity index (χ1n) is 10.1. The van der Waals surface area contributed by atoms with Crippen molar-refractivity contribution in [3.05, 3.63) is 83.9 Å². The van der Waals surface area contributed by atoms with Gasteiger partial charge < -0.3 is 10.2 Å². The maximum absolute atomic E-state index is 12.5. The molecule has 0 atom stereocenters. The number of amides is 1. The number of nitrogens with zero attached hydrogens (tertiary/aromatic N) is 4. The van der Waals surface area contributed by atoms with Crippen LogP contribution in [0.3, 0.4) is 0 Å². The van der Waals surface area contributed by atoms with Crippen LogP contribution in [0.15, 0.2) is 67.1 Å². The number of rotatable bonds is 6. The quantitative estimate of drug-likeness (QED) is 0.703. The smallest absolute Gasteiger partial charge is 0.270 e. The van der Waals surface area contributed by atoms with Crippen molar-refractivity contribution in [1.82, 2.24) is 20.3 Å². The minimum absolute atomic E-state index is 0.190. The predicted octanol–water partition coefficient (Wildman–Crippen LogP) is 3.26. The van der Waals surface area contributed by atoms with Gasteiger partial charge in [0.2, 0.25) is 5.95 Å². The van der Waals surface area contributed by atoms with Crippen LogP contribution in [0.2, 0.25) is 0 Å². The van der Waals surface area contributed by atoms with Crippen molar-refractivity contribution in [2.24, 2.45) is 5.92 Å². The summed E-state index contributed by atoms with van der Waals surface area (Å²) < 4.78 is 0. The summed E-state index contributed by atoms with van der Waals surface area (Å²) >= 11 is 0. The molecule has 4 rings (SSSR count). The molecule has 3 heterocycles. The average molecular weight is 387 g/mol. The molecule has 3 aromatic rings. The molecule has 1 aliphatic heterocycles. The Bertz CT molecular complexity index is 924. The zero-order chi connectivity index (χ0) is 19.9. The molecule has 1 aliphatic rings. The summed E-state index contributed by atoms with van der Waals surface area (Å²) in [5.74, 6) is 1.13. The largest absolute Gasteiger partial charge is 0.347 e. The van der Waals surface area contributed by atoms with E-state index in [0.717, 1.165) is 37.9 Å². The number of pyridine rings is 1. The SMILES string of the molecule is O=C(NCc1ccncc1)c1ccnc(N2CCC(Cc3ccccc3)CC2)n1. The second-order valence-corrected chi connectivity index (χ2v) is 7.40. The maximum Gasteiger partial charge on any atom is 0.270 e. The van der Waals surface area contributed by atoms with Gasteiger partial charge >= 0.3 is 0 Å². The van der Waals surface area contributed by atoms with E-state index in [1.807, 2.05) is 12.1 Å². The zero-order valence-corrected chi connectivity index (χ0v) is 16.4. The minimum atomic E-state index is -0.190. The fourth-order valence-corrected chi connectivity index (χ4v) is 3.69. The van der Waals surface area contributed by atoms with E-state index >= 15 is 0 Å². The lowest BCUT2D eigenvalue weighted by Crippen LogP contribution is -2.36. The van der Waals surface area contributed by atoms with Crippen LogP contribution >= 0.6 is 0 Å². The fraction of sp³-hybridized carbons (Fsp3) is 0.304. The van der Waals surface area contributed by atoms with E-state index in [2.05, 4.69) is 55.5 Å². The number of piperidine rings is 1. The number of anilines is 1.